The minimum atomic E-state index is -0.502. The third-order valence-corrected chi connectivity index (χ3v) is 3.78. The monoisotopic (exact) mass is 235 g/mol. The van der Waals surface area contributed by atoms with Gasteiger partial charge in [0.1, 0.15) is 11.6 Å². The van der Waals surface area contributed by atoms with E-state index in [1.165, 1.54) is 31.7 Å². The van der Waals surface area contributed by atoms with Gasteiger partial charge in [-0.3, -0.25) is 0 Å². The van der Waals surface area contributed by atoms with Crippen LogP contribution in [0.2, 0.25) is 0 Å². The lowest BCUT2D eigenvalue weighted by molar-refractivity contribution is 0.548. The summed E-state index contributed by atoms with van der Waals surface area (Å²) in [6.45, 7) is 0. The molecule has 3 heteroatoms. The van der Waals surface area contributed by atoms with Gasteiger partial charge in [-0.05, 0) is 24.0 Å². The molecule has 1 aliphatic carbocycles. The van der Waals surface area contributed by atoms with Crippen molar-refractivity contribution in [1.29, 1.82) is 0 Å². The van der Waals surface area contributed by atoms with Crippen LogP contribution in [0.25, 0.3) is 10.9 Å². The minimum Gasteiger partial charge on any atom is -0.359 e. The molecule has 1 N–H and O–H groups in total. The van der Waals surface area contributed by atoms with Crippen LogP contribution >= 0.6 is 0 Å². The first kappa shape index (κ1) is 10.8. The predicted molar refractivity (Wildman–Crippen MR) is 63.9 cm³/mol. The van der Waals surface area contributed by atoms with E-state index in [1.54, 1.807) is 0 Å². The molecular weight excluding hydrogens is 220 g/mol. The summed E-state index contributed by atoms with van der Waals surface area (Å²) >= 11 is 0. The zero-order valence-electron chi connectivity index (χ0n) is 9.60. The Morgan fingerprint density at radius 2 is 1.94 bits per heavy atom. The Bertz CT molecular complexity index is 538. The lowest BCUT2D eigenvalue weighted by Gasteiger charge is -2.07. The van der Waals surface area contributed by atoms with Crippen molar-refractivity contribution in [2.75, 3.05) is 0 Å². The van der Waals surface area contributed by atoms with Crippen LogP contribution in [-0.4, -0.2) is 4.98 Å². The largest absolute Gasteiger partial charge is 0.359 e. The standard InChI is InChI=1S/C14H15F2N/c15-11-6-12-10(5-9-3-1-2-4-9)8-17-14(12)13(16)7-11/h6-9,17H,1-5H2. The van der Waals surface area contributed by atoms with Crippen molar-refractivity contribution >= 4 is 10.9 Å². The second-order valence-corrected chi connectivity index (χ2v) is 4.98. The number of nitrogens with one attached hydrogen (secondary N) is 1. The van der Waals surface area contributed by atoms with Crippen molar-refractivity contribution in [2.24, 2.45) is 5.92 Å². The minimum absolute atomic E-state index is 0.430. The number of hydrogen-bond acceptors (Lipinski definition) is 0. The Morgan fingerprint density at radius 3 is 2.71 bits per heavy atom. The van der Waals surface area contributed by atoms with Crippen LogP contribution in [0.3, 0.4) is 0 Å². The predicted octanol–water partition coefficient (Wildman–Crippen LogP) is 4.18. The highest BCUT2D eigenvalue weighted by atomic mass is 19.1. The van der Waals surface area contributed by atoms with Crippen molar-refractivity contribution in [3.05, 3.63) is 35.5 Å². The molecule has 1 aliphatic rings. The maximum Gasteiger partial charge on any atom is 0.150 e. The molecule has 1 heterocycles. The van der Waals surface area contributed by atoms with E-state index in [4.69, 9.17) is 0 Å². The summed E-state index contributed by atoms with van der Waals surface area (Å²) < 4.78 is 26.7. The van der Waals surface area contributed by atoms with E-state index < -0.39 is 11.6 Å². The van der Waals surface area contributed by atoms with Gasteiger partial charge in [0, 0.05) is 17.6 Å². The molecule has 0 aliphatic heterocycles. The van der Waals surface area contributed by atoms with E-state index >= 15 is 0 Å². The second-order valence-electron chi connectivity index (χ2n) is 4.98. The summed E-state index contributed by atoms with van der Waals surface area (Å²) in [7, 11) is 0. The van der Waals surface area contributed by atoms with Crippen LogP contribution < -0.4 is 0 Å². The molecule has 0 saturated heterocycles. The van der Waals surface area contributed by atoms with Gasteiger partial charge in [0.05, 0.1) is 5.52 Å². The fourth-order valence-corrected chi connectivity index (χ4v) is 2.90. The summed E-state index contributed by atoms with van der Waals surface area (Å²) in [5.74, 6) is -0.319. The highest BCUT2D eigenvalue weighted by Gasteiger charge is 2.18. The number of rotatable bonds is 2. The van der Waals surface area contributed by atoms with Gasteiger partial charge in [-0.25, -0.2) is 8.78 Å². The summed E-state index contributed by atoms with van der Waals surface area (Å²) in [5, 5.41) is 0.703. The molecule has 0 atom stereocenters. The smallest absolute Gasteiger partial charge is 0.150 e. The SMILES string of the molecule is Fc1cc(F)c2[nH]cc(CC3CCCC3)c2c1. The van der Waals surface area contributed by atoms with E-state index in [9.17, 15) is 8.78 Å². The van der Waals surface area contributed by atoms with Gasteiger partial charge in [-0.2, -0.15) is 0 Å². The van der Waals surface area contributed by atoms with Gasteiger partial charge in [-0.15, -0.1) is 0 Å². The lowest BCUT2D eigenvalue weighted by Crippen LogP contribution is -1.97. The molecule has 0 bridgehead atoms. The number of benzene rings is 1. The lowest BCUT2D eigenvalue weighted by atomic mass is 9.98. The van der Waals surface area contributed by atoms with Crippen LogP contribution in [0.5, 0.6) is 0 Å². The zero-order valence-corrected chi connectivity index (χ0v) is 9.60. The number of aromatic amines is 1. The summed E-state index contributed by atoms with van der Waals surface area (Å²) in [5.41, 5.74) is 1.48. The molecule has 0 spiro atoms. The Hall–Kier alpha value is -1.38. The maximum absolute atomic E-state index is 13.5. The summed E-state index contributed by atoms with van der Waals surface area (Å²) in [4.78, 5) is 2.92. The average Bonchev–Trinajstić information content (AvgIpc) is 2.89. The van der Waals surface area contributed by atoms with Crippen LogP contribution in [0, 0.1) is 17.6 Å². The number of aromatic nitrogens is 1. The van der Waals surface area contributed by atoms with Crippen LogP contribution in [0.15, 0.2) is 18.3 Å². The van der Waals surface area contributed by atoms with Crippen molar-refractivity contribution in [3.8, 4) is 0 Å². The number of fused-ring (bicyclic) bond motifs is 1. The molecule has 1 saturated carbocycles. The van der Waals surface area contributed by atoms with E-state index in [0.717, 1.165) is 18.1 Å². The molecule has 1 aromatic carbocycles. The Kier molecular flexibility index (Phi) is 2.61. The Balaban J connectivity index is 1.99. The average molecular weight is 235 g/mol. The first-order valence-electron chi connectivity index (χ1n) is 6.19. The van der Waals surface area contributed by atoms with Crippen LogP contribution in [-0.2, 0) is 6.42 Å². The van der Waals surface area contributed by atoms with Gasteiger partial charge in [0.25, 0.3) is 0 Å². The quantitative estimate of drug-likeness (QED) is 0.803. The highest BCUT2D eigenvalue weighted by molar-refractivity contribution is 5.83. The van der Waals surface area contributed by atoms with E-state index in [1.807, 2.05) is 6.20 Å². The molecule has 1 fully saturated rings. The number of halogens is 2. The van der Waals surface area contributed by atoms with Crippen LogP contribution in [0.1, 0.15) is 31.2 Å². The third kappa shape index (κ3) is 1.94. The first-order chi connectivity index (χ1) is 8.24. The number of H-pyrrole nitrogens is 1. The molecule has 1 nitrogen and oxygen atoms in total. The summed E-state index contributed by atoms with van der Waals surface area (Å²) in [6, 6.07) is 2.36. The molecule has 0 unspecified atom stereocenters. The van der Waals surface area contributed by atoms with E-state index in [-0.39, 0.29) is 0 Å². The maximum atomic E-state index is 13.5. The topological polar surface area (TPSA) is 15.8 Å². The molecular formula is C14H15F2N. The first-order valence-corrected chi connectivity index (χ1v) is 6.19. The molecule has 3 rings (SSSR count). The normalized spacial score (nSPS) is 17.1. The third-order valence-electron chi connectivity index (χ3n) is 3.78. The van der Waals surface area contributed by atoms with Gasteiger partial charge in [-0.1, -0.05) is 25.7 Å². The molecule has 1 aromatic heterocycles. The fourth-order valence-electron chi connectivity index (χ4n) is 2.90. The molecule has 0 radical (unpaired) electrons. The van der Waals surface area contributed by atoms with Crippen molar-refractivity contribution in [1.82, 2.24) is 4.98 Å². The second kappa shape index (κ2) is 4.13. The molecule has 0 amide bonds. The summed E-state index contributed by atoms with van der Waals surface area (Å²) in [6.07, 6.45) is 7.81. The molecule has 2 aromatic rings. The van der Waals surface area contributed by atoms with Gasteiger partial charge in [0.2, 0.25) is 0 Å². The van der Waals surface area contributed by atoms with Crippen molar-refractivity contribution < 1.29 is 8.78 Å². The van der Waals surface area contributed by atoms with Gasteiger partial charge in [0.15, 0.2) is 0 Å². The van der Waals surface area contributed by atoms with Crippen molar-refractivity contribution in [3.63, 3.8) is 0 Å². The molecule has 90 valence electrons. The molecule has 17 heavy (non-hydrogen) atoms. The van der Waals surface area contributed by atoms with Crippen molar-refractivity contribution in [2.45, 2.75) is 32.1 Å². The Morgan fingerprint density at radius 1 is 1.18 bits per heavy atom. The highest BCUT2D eigenvalue weighted by Crippen LogP contribution is 2.31. The Labute approximate surface area is 98.8 Å². The van der Waals surface area contributed by atoms with Crippen LogP contribution in [0.4, 0.5) is 8.78 Å². The fraction of sp³-hybridized carbons (Fsp3) is 0.429. The number of hydrogen-bond donors (Lipinski definition) is 1. The van der Waals surface area contributed by atoms with E-state index in [0.29, 0.717) is 16.8 Å². The zero-order chi connectivity index (χ0) is 11.8. The van der Waals surface area contributed by atoms with E-state index in [2.05, 4.69) is 4.98 Å². The van der Waals surface area contributed by atoms with Gasteiger partial charge < -0.3 is 4.98 Å². The van der Waals surface area contributed by atoms with Gasteiger partial charge >= 0.3 is 0 Å².